The summed E-state index contributed by atoms with van der Waals surface area (Å²) in [5.41, 5.74) is 1.50. The number of piperazine rings is 1. The fourth-order valence-corrected chi connectivity index (χ4v) is 4.01. The Kier molecular flexibility index (Phi) is 4.13. The van der Waals surface area contributed by atoms with E-state index in [4.69, 9.17) is 8.83 Å². The average molecular weight is 393 g/mol. The van der Waals surface area contributed by atoms with Gasteiger partial charge in [0.05, 0.1) is 0 Å². The summed E-state index contributed by atoms with van der Waals surface area (Å²) in [7, 11) is 0. The number of fused-ring (bicyclic) bond motifs is 2. The minimum Gasteiger partial charge on any atom is -0.436 e. The number of benzene rings is 2. The Balaban J connectivity index is 1.56. The molecule has 0 bridgehead atoms. The summed E-state index contributed by atoms with van der Waals surface area (Å²) in [5, 5.41) is 4.26. The predicted octanol–water partition coefficient (Wildman–Crippen LogP) is 3.93. The number of halogens is 1. The summed E-state index contributed by atoms with van der Waals surface area (Å²) in [6.45, 7) is 6.07. The van der Waals surface area contributed by atoms with E-state index < -0.39 is 11.4 Å². The van der Waals surface area contributed by atoms with Gasteiger partial charge in [0.2, 0.25) is 5.89 Å². The fourth-order valence-electron chi connectivity index (χ4n) is 4.01. The van der Waals surface area contributed by atoms with Gasteiger partial charge in [0, 0.05) is 42.3 Å². The van der Waals surface area contributed by atoms with E-state index in [0.29, 0.717) is 17.7 Å². The molecule has 0 aliphatic carbocycles. The number of para-hydroxylation sites is 1. The molecular weight excluding hydrogens is 373 g/mol. The van der Waals surface area contributed by atoms with Gasteiger partial charge in [0.1, 0.15) is 16.7 Å². The molecule has 1 fully saturated rings. The van der Waals surface area contributed by atoms with Crippen molar-refractivity contribution in [1.82, 2.24) is 10.3 Å². The lowest BCUT2D eigenvalue weighted by Gasteiger charge is -2.37. The maximum Gasteiger partial charge on any atom is 0.349 e. The Morgan fingerprint density at radius 3 is 2.62 bits per heavy atom. The van der Waals surface area contributed by atoms with E-state index in [1.165, 1.54) is 12.1 Å². The van der Waals surface area contributed by atoms with Crippen LogP contribution in [-0.4, -0.2) is 30.2 Å². The Morgan fingerprint density at radius 1 is 1.07 bits per heavy atom. The molecule has 2 unspecified atom stereocenters. The molecule has 148 valence electrons. The molecule has 0 spiro atoms. The number of nitrogens with one attached hydrogen (secondary N) is 1. The first-order valence-corrected chi connectivity index (χ1v) is 9.62. The van der Waals surface area contributed by atoms with Crippen LogP contribution in [0.1, 0.15) is 13.8 Å². The molecule has 4 aromatic rings. The van der Waals surface area contributed by atoms with Gasteiger partial charge in [-0.25, -0.2) is 14.2 Å². The maximum absolute atomic E-state index is 13.9. The summed E-state index contributed by atoms with van der Waals surface area (Å²) in [6, 6.07) is 12.7. The van der Waals surface area contributed by atoms with Crippen LogP contribution < -0.4 is 15.8 Å². The van der Waals surface area contributed by atoms with Crippen LogP contribution in [-0.2, 0) is 0 Å². The largest absolute Gasteiger partial charge is 0.436 e. The lowest BCUT2D eigenvalue weighted by Crippen LogP contribution is -2.54. The standard InChI is InChI=1S/C22H20FN3O3/c1-12-10-26(11-13(2)24-12)15-7-6-14-8-16(22(27)29-19(14)9-15)21-25-20-17(23)4-3-5-18(20)28-21/h3-9,12-13,24H,10-11H2,1-2H3. The fraction of sp³-hybridized carbons (Fsp3) is 0.273. The molecule has 1 aliphatic heterocycles. The zero-order valence-electron chi connectivity index (χ0n) is 16.1. The Morgan fingerprint density at radius 2 is 1.86 bits per heavy atom. The smallest absolute Gasteiger partial charge is 0.349 e. The van der Waals surface area contributed by atoms with E-state index in [-0.39, 0.29) is 22.6 Å². The first-order chi connectivity index (χ1) is 14.0. The van der Waals surface area contributed by atoms with E-state index in [9.17, 15) is 9.18 Å². The van der Waals surface area contributed by atoms with Crippen LogP contribution in [0.4, 0.5) is 10.1 Å². The molecule has 29 heavy (non-hydrogen) atoms. The zero-order chi connectivity index (χ0) is 20.1. The van der Waals surface area contributed by atoms with Crippen molar-refractivity contribution in [1.29, 1.82) is 0 Å². The molecule has 6 nitrogen and oxygen atoms in total. The third-order valence-corrected chi connectivity index (χ3v) is 5.24. The summed E-state index contributed by atoms with van der Waals surface area (Å²) in [6.07, 6.45) is 0. The second kappa shape index (κ2) is 6.70. The molecule has 5 rings (SSSR count). The van der Waals surface area contributed by atoms with Crippen LogP contribution in [0.3, 0.4) is 0 Å². The second-order valence-corrected chi connectivity index (χ2v) is 7.65. The minimum absolute atomic E-state index is 0.0505. The van der Waals surface area contributed by atoms with Crippen molar-refractivity contribution in [3.8, 4) is 11.5 Å². The van der Waals surface area contributed by atoms with Gasteiger partial charge in [-0.3, -0.25) is 0 Å². The molecule has 0 amide bonds. The van der Waals surface area contributed by atoms with Gasteiger partial charge in [-0.15, -0.1) is 0 Å². The SMILES string of the molecule is CC1CN(c2ccc3cc(-c4nc5c(F)cccc5o4)c(=O)oc3c2)CC(C)N1. The van der Waals surface area contributed by atoms with Crippen LogP contribution in [0.25, 0.3) is 33.5 Å². The topological polar surface area (TPSA) is 71.5 Å². The zero-order valence-corrected chi connectivity index (χ0v) is 16.1. The molecule has 0 radical (unpaired) electrons. The highest BCUT2D eigenvalue weighted by Crippen LogP contribution is 2.28. The number of aromatic nitrogens is 1. The van der Waals surface area contributed by atoms with Crippen molar-refractivity contribution < 1.29 is 13.2 Å². The van der Waals surface area contributed by atoms with E-state index in [1.807, 2.05) is 18.2 Å². The molecule has 2 aromatic heterocycles. The number of hydrogen-bond acceptors (Lipinski definition) is 6. The van der Waals surface area contributed by atoms with Crippen molar-refractivity contribution in [2.45, 2.75) is 25.9 Å². The van der Waals surface area contributed by atoms with Gasteiger partial charge in [-0.05, 0) is 44.2 Å². The maximum atomic E-state index is 13.9. The highest BCUT2D eigenvalue weighted by molar-refractivity contribution is 5.84. The van der Waals surface area contributed by atoms with Gasteiger partial charge >= 0.3 is 5.63 Å². The third kappa shape index (κ3) is 3.17. The predicted molar refractivity (Wildman–Crippen MR) is 110 cm³/mol. The minimum atomic E-state index is -0.566. The van der Waals surface area contributed by atoms with E-state index in [2.05, 4.69) is 29.0 Å². The lowest BCUT2D eigenvalue weighted by molar-refractivity contribution is 0.407. The normalized spacial score (nSPS) is 19.9. The monoisotopic (exact) mass is 393 g/mol. The molecule has 1 aliphatic rings. The van der Waals surface area contributed by atoms with Crippen molar-refractivity contribution >= 4 is 27.8 Å². The highest BCUT2D eigenvalue weighted by Gasteiger charge is 2.22. The lowest BCUT2D eigenvalue weighted by atomic mass is 10.1. The summed E-state index contributed by atoms with van der Waals surface area (Å²) in [5.74, 6) is -0.443. The van der Waals surface area contributed by atoms with E-state index >= 15 is 0 Å². The van der Waals surface area contributed by atoms with Gasteiger partial charge in [-0.1, -0.05) is 6.07 Å². The first kappa shape index (κ1) is 17.9. The van der Waals surface area contributed by atoms with Gasteiger partial charge in [-0.2, -0.15) is 0 Å². The molecule has 1 N–H and O–H groups in total. The van der Waals surface area contributed by atoms with Crippen LogP contribution >= 0.6 is 0 Å². The van der Waals surface area contributed by atoms with Crippen molar-refractivity contribution in [3.05, 3.63) is 58.7 Å². The van der Waals surface area contributed by atoms with Crippen molar-refractivity contribution in [2.75, 3.05) is 18.0 Å². The molecule has 2 atom stereocenters. The van der Waals surface area contributed by atoms with Crippen molar-refractivity contribution in [2.24, 2.45) is 0 Å². The number of hydrogen-bond donors (Lipinski definition) is 1. The van der Waals surface area contributed by atoms with Gasteiger partial charge in [0.15, 0.2) is 11.4 Å². The molecule has 2 aromatic carbocycles. The summed E-state index contributed by atoms with van der Waals surface area (Å²) >= 11 is 0. The molecule has 3 heterocycles. The highest BCUT2D eigenvalue weighted by atomic mass is 19.1. The van der Waals surface area contributed by atoms with Crippen molar-refractivity contribution in [3.63, 3.8) is 0 Å². The Labute approximate surface area is 165 Å². The molecule has 0 saturated carbocycles. The van der Waals surface area contributed by atoms with E-state index in [1.54, 1.807) is 12.1 Å². The van der Waals surface area contributed by atoms with Crippen LogP contribution in [0, 0.1) is 5.82 Å². The molecule has 1 saturated heterocycles. The number of oxazole rings is 1. The van der Waals surface area contributed by atoms with Crippen LogP contribution in [0.5, 0.6) is 0 Å². The summed E-state index contributed by atoms with van der Waals surface area (Å²) in [4.78, 5) is 19.0. The van der Waals surface area contributed by atoms with Crippen LogP contribution in [0.15, 0.2) is 56.1 Å². The Hall–Kier alpha value is -3.19. The Bertz CT molecular complexity index is 1270. The van der Waals surface area contributed by atoms with Gasteiger partial charge in [0.25, 0.3) is 0 Å². The number of nitrogens with zero attached hydrogens (tertiary/aromatic N) is 2. The summed E-state index contributed by atoms with van der Waals surface area (Å²) < 4.78 is 25.1. The van der Waals surface area contributed by atoms with E-state index in [0.717, 1.165) is 24.2 Å². The second-order valence-electron chi connectivity index (χ2n) is 7.65. The first-order valence-electron chi connectivity index (χ1n) is 9.62. The quantitative estimate of drug-likeness (QED) is 0.521. The molecule has 7 heteroatoms. The van der Waals surface area contributed by atoms with Crippen LogP contribution in [0.2, 0.25) is 0 Å². The number of rotatable bonds is 2. The number of anilines is 1. The molecular formula is C22H20FN3O3. The van der Waals surface area contributed by atoms with Gasteiger partial charge < -0.3 is 19.1 Å². The third-order valence-electron chi connectivity index (χ3n) is 5.24. The average Bonchev–Trinajstić information content (AvgIpc) is 3.11.